The van der Waals surface area contributed by atoms with Crippen molar-refractivity contribution < 1.29 is 0 Å². The van der Waals surface area contributed by atoms with Gasteiger partial charge in [0, 0.05) is 12.3 Å². The van der Waals surface area contributed by atoms with E-state index in [0.29, 0.717) is 11.6 Å². The lowest BCUT2D eigenvalue weighted by atomic mass is 10.2. The van der Waals surface area contributed by atoms with E-state index >= 15 is 0 Å². The highest BCUT2D eigenvalue weighted by molar-refractivity contribution is 6.02. The van der Waals surface area contributed by atoms with Crippen LogP contribution in [-0.2, 0) is 0 Å². The van der Waals surface area contributed by atoms with Crippen LogP contribution in [0.15, 0.2) is 28.9 Å². The first-order valence-corrected chi connectivity index (χ1v) is 6.19. The predicted molar refractivity (Wildman–Crippen MR) is 79.7 cm³/mol. The summed E-state index contributed by atoms with van der Waals surface area (Å²) in [5, 5.41) is 15.4. The smallest absolute Gasteiger partial charge is 0.152 e. The summed E-state index contributed by atoms with van der Waals surface area (Å²) in [6, 6.07) is 0.0690. The molecule has 0 unspecified atom stereocenters. The quantitative estimate of drug-likeness (QED) is 0.422. The molecule has 0 fully saturated rings. The van der Waals surface area contributed by atoms with Crippen molar-refractivity contribution in [1.29, 1.82) is 10.8 Å². The summed E-state index contributed by atoms with van der Waals surface area (Å²) in [4.78, 5) is 5.76. The van der Waals surface area contributed by atoms with Crippen molar-refractivity contribution in [3.8, 4) is 0 Å². The van der Waals surface area contributed by atoms with Crippen molar-refractivity contribution in [1.82, 2.24) is 4.90 Å². The fourth-order valence-electron chi connectivity index (χ4n) is 1.30. The summed E-state index contributed by atoms with van der Waals surface area (Å²) in [6.07, 6.45) is 8.58. The normalized spacial score (nSPS) is 12.9. The Labute approximate surface area is 110 Å². The molecule has 0 aliphatic heterocycles. The molecule has 2 N–H and O–H groups in total. The molecule has 0 aliphatic carbocycles. The molecule has 0 amide bonds. The zero-order valence-electron chi connectivity index (χ0n) is 11.9. The number of rotatable bonds is 6. The third-order valence-electron chi connectivity index (χ3n) is 2.21. The van der Waals surface area contributed by atoms with Gasteiger partial charge in [0.1, 0.15) is 5.70 Å². The Kier molecular flexibility index (Phi) is 7.59. The van der Waals surface area contributed by atoms with E-state index in [0.717, 1.165) is 6.34 Å². The fourth-order valence-corrected chi connectivity index (χ4v) is 1.30. The molecular weight excluding hydrogens is 224 g/mol. The molecule has 0 saturated heterocycles. The summed E-state index contributed by atoms with van der Waals surface area (Å²) in [5.41, 5.74) is 0.562. The standard InChI is InChI=1S/C14H24N4/c1-6-17-13(9-7-8-11(2)3)14(16)18(10-15)12(4)5/h6-12,15-16H,1-5H3/b8-7-,13-9-,15-10?,16-14?,17-6+. The molecule has 0 spiro atoms. The van der Waals surface area contributed by atoms with E-state index in [4.69, 9.17) is 10.8 Å². The second-order valence-electron chi connectivity index (χ2n) is 4.55. The van der Waals surface area contributed by atoms with E-state index in [9.17, 15) is 0 Å². The van der Waals surface area contributed by atoms with Gasteiger partial charge >= 0.3 is 0 Å². The zero-order valence-corrected chi connectivity index (χ0v) is 11.9. The number of nitrogens with zero attached hydrogens (tertiary/aromatic N) is 2. The van der Waals surface area contributed by atoms with Crippen LogP contribution in [0.25, 0.3) is 0 Å². The molecule has 100 valence electrons. The Hall–Kier alpha value is -1.71. The first-order chi connectivity index (χ1) is 8.43. The van der Waals surface area contributed by atoms with Crippen LogP contribution >= 0.6 is 0 Å². The number of hydrogen-bond acceptors (Lipinski definition) is 3. The average Bonchev–Trinajstić information content (AvgIpc) is 2.27. The maximum absolute atomic E-state index is 8.08. The molecule has 4 nitrogen and oxygen atoms in total. The minimum Gasteiger partial charge on any atom is -0.314 e. The molecule has 0 rings (SSSR count). The molecule has 0 saturated carbocycles. The van der Waals surface area contributed by atoms with Crippen LogP contribution in [0.3, 0.4) is 0 Å². The molecule has 0 bridgehead atoms. The molecule has 0 radical (unpaired) electrons. The van der Waals surface area contributed by atoms with Gasteiger partial charge in [-0.2, -0.15) is 0 Å². The van der Waals surface area contributed by atoms with E-state index in [-0.39, 0.29) is 11.9 Å². The predicted octanol–water partition coefficient (Wildman–Crippen LogP) is 3.47. The largest absolute Gasteiger partial charge is 0.314 e. The zero-order chi connectivity index (χ0) is 14.1. The van der Waals surface area contributed by atoms with Gasteiger partial charge in [-0.3, -0.25) is 15.8 Å². The second-order valence-corrected chi connectivity index (χ2v) is 4.55. The molecule has 0 aromatic rings. The van der Waals surface area contributed by atoms with E-state index < -0.39 is 0 Å². The second kappa shape index (κ2) is 8.39. The fraction of sp³-hybridized carbons (Fsp3) is 0.500. The molecular formula is C14H24N4. The van der Waals surface area contributed by atoms with Gasteiger partial charge in [-0.15, -0.1) is 0 Å². The number of aliphatic imine (C=N–C) groups is 1. The Balaban J connectivity index is 5.11. The van der Waals surface area contributed by atoms with Gasteiger partial charge in [-0.05, 0) is 32.8 Å². The van der Waals surface area contributed by atoms with Crippen molar-refractivity contribution >= 4 is 18.4 Å². The maximum Gasteiger partial charge on any atom is 0.152 e. The Bertz CT molecular complexity index is 362. The lowest BCUT2D eigenvalue weighted by molar-refractivity contribution is 0.507. The molecule has 0 aromatic heterocycles. The molecule has 18 heavy (non-hydrogen) atoms. The van der Waals surface area contributed by atoms with E-state index in [1.807, 2.05) is 32.9 Å². The molecule has 4 heteroatoms. The van der Waals surface area contributed by atoms with Gasteiger partial charge < -0.3 is 4.90 Å². The minimum absolute atomic E-state index is 0.0690. The highest BCUT2D eigenvalue weighted by Crippen LogP contribution is 2.07. The van der Waals surface area contributed by atoms with Crippen molar-refractivity contribution in [2.75, 3.05) is 0 Å². The molecule has 0 atom stereocenters. The molecule has 0 aromatic carbocycles. The van der Waals surface area contributed by atoms with Crippen LogP contribution in [0, 0.1) is 16.7 Å². The van der Waals surface area contributed by atoms with Crippen LogP contribution in [0.2, 0.25) is 0 Å². The Morgan fingerprint density at radius 1 is 1.22 bits per heavy atom. The highest BCUT2D eigenvalue weighted by Gasteiger charge is 2.13. The first kappa shape index (κ1) is 16.3. The van der Waals surface area contributed by atoms with Crippen molar-refractivity contribution in [2.24, 2.45) is 10.9 Å². The monoisotopic (exact) mass is 248 g/mol. The van der Waals surface area contributed by atoms with Gasteiger partial charge in [0.2, 0.25) is 0 Å². The van der Waals surface area contributed by atoms with Gasteiger partial charge in [-0.1, -0.05) is 26.0 Å². The number of nitrogens with one attached hydrogen (secondary N) is 2. The Morgan fingerprint density at radius 3 is 2.22 bits per heavy atom. The van der Waals surface area contributed by atoms with Crippen LogP contribution in [0.5, 0.6) is 0 Å². The minimum atomic E-state index is 0.0690. The van der Waals surface area contributed by atoms with E-state index in [1.54, 1.807) is 17.2 Å². The van der Waals surface area contributed by atoms with Crippen molar-refractivity contribution in [3.05, 3.63) is 23.9 Å². The number of amidine groups is 1. The summed E-state index contributed by atoms with van der Waals surface area (Å²) in [5.74, 6) is 0.706. The summed E-state index contributed by atoms with van der Waals surface area (Å²) in [6.45, 7) is 9.89. The van der Waals surface area contributed by atoms with Crippen molar-refractivity contribution in [3.63, 3.8) is 0 Å². The van der Waals surface area contributed by atoms with Gasteiger partial charge in [0.25, 0.3) is 0 Å². The summed E-state index contributed by atoms with van der Waals surface area (Å²) < 4.78 is 0. The first-order valence-electron chi connectivity index (χ1n) is 6.19. The molecule has 0 aliphatic rings. The average molecular weight is 248 g/mol. The van der Waals surface area contributed by atoms with Crippen LogP contribution < -0.4 is 0 Å². The van der Waals surface area contributed by atoms with Crippen LogP contribution in [0.1, 0.15) is 34.6 Å². The SMILES string of the molecule is C/C=N/C(=C\C=C/C(C)C)C(=N)N(C=N)C(C)C. The maximum atomic E-state index is 8.08. The summed E-state index contributed by atoms with van der Waals surface area (Å²) in [7, 11) is 0. The third kappa shape index (κ3) is 5.57. The molecule has 0 heterocycles. The summed E-state index contributed by atoms with van der Waals surface area (Å²) >= 11 is 0. The highest BCUT2D eigenvalue weighted by atomic mass is 15.2. The van der Waals surface area contributed by atoms with E-state index in [2.05, 4.69) is 18.8 Å². The van der Waals surface area contributed by atoms with Crippen LogP contribution in [-0.4, -0.2) is 29.3 Å². The number of hydrogen-bond donors (Lipinski definition) is 2. The third-order valence-corrected chi connectivity index (χ3v) is 2.21. The lowest BCUT2D eigenvalue weighted by Gasteiger charge is -2.23. The lowest BCUT2D eigenvalue weighted by Crippen LogP contribution is -2.35. The van der Waals surface area contributed by atoms with E-state index in [1.165, 1.54) is 0 Å². The topological polar surface area (TPSA) is 63.3 Å². The van der Waals surface area contributed by atoms with Crippen molar-refractivity contribution in [2.45, 2.75) is 40.7 Å². The van der Waals surface area contributed by atoms with Gasteiger partial charge in [0.05, 0.1) is 6.34 Å². The van der Waals surface area contributed by atoms with Gasteiger partial charge in [-0.25, -0.2) is 0 Å². The Morgan fingerprint density at radius 2 is 1.83 bits per heavy atom. The van der Waals surface area contributed by atoms with Gasteiger partial charge in [0.15, 0.2) is 5.84 Å². The van der Waals surface area contributed by atoms with Crippen LogP contribution in [0.4, 0.5) is 0 Å². The number of allylic oxidation sites excluding steroid dienone is 3.